The molecule has 0 spiro atoms. The summed E-state index contributed by atoms with van der Waals surface area (Å²) in [7, 11) is 0. The van der Waals surface area contributed by atoms with E-state index in [4.69, 9.17) is 20.8 Å². The van der Waals surface area contributed by atoms with Crippen molar-refractivity contribution in [3.63, 3.8) is 0 Å². The maximum atomic E-state index is 13.1. The molecule has 0 atom stereocenters. The molecule has 4 rings (SSSR count). The first-order chi connectivity index (χ1) is 15.0. The van der Waals surface area contributed by atoms with Crippen molar-refractivity contribution in [2.45, 2.75) is 13.2 Å². The van der Waals surface area contributed by atoms with Crippen molar-refractivity contribution < 1.29 is 18.3 Å². The lowest BCUT2D eigenvalue weighted by molar-refractivity contribution is 0.0594. The minimum atomic E-state index is -0.234. The number of ether oxygens (including phenoxy) is 1. The molecular weight excluding hydrogens is 487 g/mol. The monoisotopic (exact) mass is 506 g/mol. The van der Waals surface area contributed by atoms with Crippen LogP contribution in [0.3, 0.4) is 0 Å². The number of amides is 1. The number of hydrogen-bond donors (Lipinski definition) is 0. The van der Waals surface area contributed by atoms with E-state index in [0.717, 1.165) is 29.7 Å². The second-order valence-electron chi connectivity index (χ2n) is 7.32. The molecule has 1 aliphatic rings. The van der Waals surface area contributed by atoms with Crippen LogP contribution in [0.5, 0.6) is 5.75 Å². The maximum Gasteiger partial charge on any atom is 0.289 e. The fourth-order valence-electron chi connectivity index (χ4n) is 3.42. The molecule has 2 aromatic carbocycles. The van der Waals surface area contributed by atoms with Gasteiger partial charge in [-0.3, -0.25) is 9.69 Å². The highest BCUT2D eigenvalue weighted by atomic mass is 79.9. The Bertz CT molecular complexity index is 1050. The number of nitrogens with zero attached hydrogens (tertiary/aromatic N) is 2. The fraction of sp³-hybridized carbons (Fsp3) is 0.261. The van der Waals surface area contributed by atoms with Gasteiger partial charge in [-0.25, -0.2) is 4.39 Å². The third-order valence-electron chi connectivity index (χ3n) is 5.12. The van der Waals surface area contributed by atoms with Crippen molar-refractivity contribution in [3.05, 3.63) is 87.0 Å². The Morgan fingerprint density at radius 3 is 2.52 bits per heavy atom. The van der Waals surface area contributed by atoms with Gasteiger partial charge < -0.3 is 14.1 Å². The molecule has 0 N–H and O–H groups in total. The molecule has 0 bridgehead atoms. The molecule has 1 aromatic heterocycles. The molecule has 1 saturated heterocycles. The molecular formula is C23H21BrClFN2O3. The Morgan fingerprint density at radius 2 is 1.81 bits per heavy atom. The first kappa shape index (κ1) is 21.9. The van der Waals surface area contributed by atoms with Gasteiger partial charge in [0.05, 0.1) is 5.02 Å². The molecule has 1 aliphatic heterocycles. The van der Waals surface area contributed by atoms with E-state index in [2.05, 4.69) is 20.8 Å². The molecule has 2 heterocycles. The van der Waals surface area contributed by atoms with Crippen LogP contribution in [0.4, 0.5) is 4.39 Å². The van der Waals surface area contributed by atoms with Crippen molar-refractivity contribution in [1.82, 2.24) is 9.80 Å². The number of halogens is 3. The number of benzene rings is 2. The quantitative estimate of drug-likeness (QED) is 0.450. The van der Waals surface area contributed by atoms with Crippen LogP contribution in [0, 0.1) is 5.82 Å². The van der Waals surface area contributed by atoms with Gasteiger partial charge in [-0.2, -0.15) is 0 Å². The highest BCUT2D eigenvalue weighted by Gasteiger charge is 2.24. The number of carbonyl (C=O) groups excluding carboxylic acids is 1. The number of carbonyl (C=O) groups is 1. The Hall–Kier alpha value is -2.35. The summed E-state index contributed by atoms with van der Waals surface area (Å²) in [5, 5.41) is 0.496. The normalized spacial score (nSPS) is 14.6. The third kappa shape index (κ3) is 5.67. The second-order valence-corrected chi connectivity index (χ2v) is 8.65. The minimum absolute atomic E-state index is 0.130. The maximum absolute atomic E-state index is 13.1. The lowest BCUT2D eigenvalue weighted by Crippen LogP contribution is -2.48. The van der Waals surface area contributed by atoms with Gasteiger partial charge in [0.1, 0.15) is 23.9 Å². The second kappa shape index (κ2) is 9.85. The minimum Gasteiger partial charge on any atom is -0.484 e. The molecule has 162 valence electrons. The Balaban J connectivity index is 1.28. The van der Waals surface area contributed by atoms with Crippen molar-refractivity contribution in [2.24, 2.45) is 0 Å². The van der Waals surface area contributed by atoms with Crippen LogP contribution in [0.15, 0.2) is 63.5 Å². The van der Waals surface area contributed by atoms with Gasteiger partial charge in [0.25, 0.3) is 5.91 Å². The summed E-state index contributed by atoms with van der Waals surface area (Å²) in [5.74, 6) is 1.04. The highest BCUT2D eigenvalue weighted by molar-refractivity contribution is 9.10. The summed E-state index contributed by atoms with van der Waals surface area (Å²) in [6, 6.07) is 15.3. The van der Waals surface area contributed by atoms with E-state index in [0.29, 0.717) is 35.4 Å². The molecule has 8 heteroatoms. The Morgan fingerprint density at radius 1 is 1.06 bits per heavy atom. The van der Waals surface area contributed by atoms with Gasteiger partial charge in [-0.1, -0.05) is 39.7 Å². The van der Waals surface area contributed by atoms with Crippen LogP contribution in [0.1, 0.15) is 21.9 Å². The standard InChI is InChI=1S/C23H21BrClFN2O3/c24-17-3-7-21(20(25)13-17)30-15-19-6-8-22(31-19)23(29)28-11-9-27(10-12-28)14-16-1-4-18(26)5-2-16/h1-8,13H,9-12,14-15H2. The summed E-state index contributed by atoms with van der Waals surface area (Å²) >= 11 is 9.51. The van der Waals surface area contributed by atoms with E-state index in [-0.39, 0.29) is 18.3 Å². The first-order valence-corrected chi connectivity index (χ1v) is 11.1. The van der Waals surface area contributed by atoms with Crippen LogP contribution in [0.25, 0.3) is 0 Å². The van der Waals surface area contributed by atoms with Gasteiger partial charge in [0, 0.05) is 37.2 Å². The zero-order valence-corrected chi connectivity index (χ0v) is 19.0. The molecule has 3 aromatic rings. The van der Waals surface area contributed by atoms with E-state index in [9.17, 15) is 9.18 Å². The lowest BCUT2D eigenvalue weighted by Gasteiger charge is -2.34. The summed E-state index contributed by atoms with van der Waals surface area (Å²) in [5.41, 5.74) is 1.06. The van der Waals surface area contributed by atoms with E-state index < -0.39 is 0 Å². The molecule has 0 saturated carbocycles. The summed E-state index contributed by atoms with van der Waals surface area (Å²) in [4.78, 5) is 16.8. The highest BCUT2D eigenvalue weighted by Crippen LogP contribution is 2.28. The number of rotatable bonds is 6. The molecule has 0 unspecified atom stereocenters. The lowest BCUT2D eigenvalue weighted by atomic mass is 10.2. The summed E-state index contributed by atoms with van der Waals surface area (Å²) in [6.45, 7) is 3.65. The SMILES string of the molecule is O=C(c1ccc(COc2ccc(Br)cc2Cl)o1)N1CCN(Cc2ccc(F)cc2)CC1. The number of piperazine rings is 1. The van der Waals surface area contributed by atoms with Crippen molar-refractivity contribution >= 4 is 33.4 Å². The molecule has 0 radical (unpaired) electrons. The Kier molecular flexibility index (Phi) is 6.95. The Labute approximate surface area is 193 Å². The van der Waals surface area contributed by atoms with Crippen LogP contribution in [-0.2, 0) is 13.2 Å². The van der Waals surface area contributed by atoms with Gasteiger partial charge >= 0.3 is 0 Å². The number of furan rings is 1. The van der Waals surface area contributed by atoms with Crippen LogP contribution in [0.2, 0.25) is 5.02 Å². The average Bonchev–Trinajstić information content (AvgIpc) is 3.24. The third-order valence-corrected chi connectivity index (χ3v) is 5.90. The van der Waals surface area contributed by atoms with Crippen molar-refractivity contribution in [3.8, 4) is 5.75 Å². The van der Waals surface area contributed by atoms with Crippen LogP contribution >= 0.6 is 27.5 Å². The summed E-state index contributed by atoms with van der Waals surface area (Å²) < 4.78 is 25.3. The average molecular weight is 508 g/mol. The topological polar surface area (TPSA) is 45.9 Å². The van der Waals surface area contributed by atoms with E-state index in [1.54, 1.807) is 41.3 Å². The largest absolute Gasteiger partial charge is 0.484 e. The van der Waals surface area contributed by atoms with E-state index in [1.807, 2.05) is 6.07 Å². The van der Waals surface area contributed by atoms with Gasteiger partial charge in [0.2, 0.25) is 0 Å². The van der Waals surface area contributed by atoms with Gasteiger partial charge in [-0.05, 0) is 48.0 Å². The molecule has 5 nitrogen and oxygen atoms in total. The predicted molar refractivity (Wildman–Crippen MR) is 120 cm³/mol. The van der Waals surface area contributed by atoms with E-state index >= 15 is 0 Å². The van der Waals surface area contributed by atoms with Gasteiger partial charge in [0.15, 0.2) is 5.76 Å². The van der Waals surface area contributed by atoms with Crippen molar-refractivity contribution in [1.29, 1.82) is 0 Å². The summed E-state index contributed by atoms with van der Waals surface area (Å²) in [6.07, 6.45) is 0. The fourth-order valence-corrected chi connectivity index (χ4v) is 4.15. The van der Waals surface area contributed by atoms with Crippen molar-refractivity contribution in [2.75, 3.05) is 26.2 Å². The number of hydrogen-bond acceptors (Lipinski definition) is 4. The predicted octanol–water partition coefficient (Wildman–Crippen LogP) is 5.37. The zero-order valence-electron chi connectivity index (χ0n) is 16.7. The zero-order chi connectivity index (χ0) is 21.8. The van der Waals surface area contributed by atoms with Crippen LogP contribution in [-0.4, -0.2) is 41.9 Å². The molecule has 31 heavy (non-hydrogen) atoms. The molecule has 1 fully saturated rings. The van der Waals surface area contributed by atoms with Crippen LogP contribution < -0.4 is 4.74 Å². The molecule has 0 aliphatic carbocycles. The van der Waals surface area contributed by atoms with E-state index in [1.165, 1.54) is 12.1 Å². The molecule has 1 amide bonds. The smallest absolute Gasteiger partial charge is 0.289 e. The van der Waals surface area contributed by atoms with Gasteiger partial charge in [-0.15, -0.1) is 0 Å². The first-order valence-electron chi connectivity index (χ1n) is 9.90.